The zero-order chi connectivity index (χ0) is 44.3. The van der Waals surface area contributed by atoms with Crippen LogP contribution in [-0.4, -0.2) is 0 Å². The predicted octanol–water partition coefficient (Wildman–Crippen LogP) is 16.5. The molecule has 0 fully saturated rings. The fourth-order valence-electron chi connectivity index (χ4n) is 10.2. The average molecular weight is 837 g/mol. The maximum absolute atomic E-state index is 13.7. The van der Waals surface area contributed by atoms with E-state index in [9.17, 15) is 26.3 Å². The number of hydrogen-bond donors (Lipinski definition) is 0. The molecule has 9 rings (SSSR count). The van der Waals surface area contributed by atoms with Gasteiger partial charge in [-0.1, -0.05) is 76.2 Å². The zero-order valence-electron chi connectivity index (χ0n) is 35.9. The third-order valence-electron chi connectivity index (χ3n) is 13.1. The van der Waals surface area contributed by atoms with E-state index in [0.29, 0.717) is 11.4 Å². The quantitative estimate of drug-likeness (QED) is 0.154. The summed E-state index contributed by atoms with van der Waals surface area (Å²) in [4.78, 5) is 4.10. The Labute approximate surface area is 359 Å². The minimum atomic E-state index is -4.45. The van der Waals surface area contributed by atoms with Gasteiger partial charge in [0.15, 0.2) is 0 Å². The highest BCUT2D eigenvalue weighted by atomic mass is 19.4. The van der Waals surface area contributed by atoms with Crippen molar-refractivity contribution in [2.24, 2.45) is 0 Å². The van der Waals surface area contributed by atoms with E-state index in [1.165, 1.54) is 11.1 Å². The maximum Gasteiger partial charge on any atom is 0.416 e. The fourth-order valence-corrected chi connectivity index (χ4v) is 10.2. The molecule has 7 aromatic rings. The number of aryl methyl sites for hydroxylation is 4. The number of anilines is 6. The summed E-state index contributed by atoms with van der Waals surface area (Å²) < 4.78 is 82.3. The van der Waals surface area contributed by atoms with Gasteiger partial charge in [-0.25, -0.2) is 0 Å². The zero-order valence-corrected chi connectivity index (χ0v) is 35.9. The monoisotopic (exact) mass is 836 g/mol. The molecule has 0 saturated heterocycles. The fraction of sp³-hybridized carbons (Fsp3) is 0.222. The van der Waals surface area contributed by atoms with Gasteiger partial charge in [0.25, 0.3) is 0 Å². The highest BCUT2D eigenvalue weighted by Gasteiger charge is 2.47. The van der Waals surface area contributed by atoms with Crippen LogP contribution in [0.4, 0.5) is 60.5 Å². The number of benzene rings is 7. The number of alkyl halides is 6. The van der Waals surface area contributed by atoms with Crippen molar-refractivity contribution in [2.45, 2.75) is 78.6 Å². The van der Waals surface area contributed by atoms with E-state index in [2.05, 4.69) is 77.9 Å². The first kappa shape index (κ1) is 41.1. The van der Waals surface area contributed by atoms with E-state index in [0.717, 1.165) is 103 Å². The minimum absolute atomic E-state index is 0.474. The summed E-state index contributed by atoms with van der Waals surface area (Å²) in [5.74, 6) is 0. The van der Waals surface area contributed by atoms with Crippen LogP contribution in [0.25, 0.3) is 22.3 Å². The molecule has 0 N–H and O–H groups in total. The van der Waals surface area contributed by atoms with Crippen LogP contribution in [0.2, 0.25) is 0 Å². The summed E-state index contributed by atoms with van der Waals surface area (Å²) in [5, 5.41) is 0. The highest BCUT2D eigenvalue weighted by molar-refractivity contribution is 5.96. The van der Waals surface area contributed by atoms with Crippen molar-refractivity contribution in [3.63, 3.8) is 0 Å². The molecule has 0 unspecified atom stereocenters. The summed E-state index contributed by atoms with van der Waals surface area (Å²) in [6, 6.07) is 39.7. The molecule has 0 heterocycles. The normalized spacial score (nSPS) is 14.5. The molecule has 0 bridgehead atoms. The van der Waals surface area contributed by atoms with E-state index in [1.807, 2.05) is 72.2 Å². The molecule has 0 aliphatic heterocycles. The largest absolute Gasteiger partial charge is 0.416 e. The number of nitrogens with zero attached hydrogens (tertiary/aromatic N) is 2. The molecule has 2 aliphatic rings. The molecule has 2 aliphatic carbocycles. The molecule has 2 nitrogen and oxygen atoms in total. The first-order valence-corrected chi connectivity index (χ1v) is 20.7. The van der Waals surface area contributed by atoms with E-state index in [-0.39, 0.29) is 0 Å². The predicted molar refractivity (Wildman–Crippen MR) is 240 cm³/mol. The summed E-state index contributed by atoms with van der Waals surface area (Å²) in [7, 11) is 0. The lowest BCUT2D eigenvalue weighted by atomic mass is 9.72. The van der Waals surface area contributed by atoms with Gasteiger partial charge in [-0.05, 0) is 179 Å². The number of hydrogen-bond acceptors (Lipinski definition) is 2. The smallest absolute Gasteiger partial charge is 0.310 e. The summed E-state index contributed by atoms with van der Waals surface area (Å²) in [6.45, 7) is 17.3. The topological polar surface area (TPSA) is 6.48 Å². The van der Waals surface area contributed by atoms with E-state index in [4.69, 9.17) is 0 Å². The van der Waals surface area contributed by atoms with Crippen molar-refractivity contribution in [3.05, 3.63) is 189 Å². The number of halogens is 6. The van der Waals surface area contributed by atoms with Crippen LogP contribution in [0.5, 0.6) is 0 Å². The van der Waals surface area contributed by atoms with Crippen LogP contribution in [0, 0.1) is 27.7 Å². The van der Waals surface area contributed by atoms with Crippen LogP contribution in [0.15, 0.2) is 133 Å². The lowest BCUT2D eigenvalue weighted by molar-refractivity contribution is -0.138. The lowest BCUT2D eigenvalue weighted by Gasteiger charge is -2.32. The van der Waals surface area contributed by atoms with Gasteiger partial charge >= 0.3 is 12.4 Å². The second-order valence-corrected chi connectivity index (χ2v) is 17.9. The molecule has 0 atom stereocenters. The molecule has 62 heavy (non-hydrogen) atoms. The van der Waals surface area contributed by atoms with Gasteiger partial charge in [-0.2, -0.15) is 26.3 Å². The van der Waals surface area contributed by atoms with Crippen molar-refractivity contribution in [2.75, 3.05) is 9.80 Å². The Morgan fingerprint density at radius 3 is 1.05 bits per heavy atom. The van der Waals surface area contributed by atoms with E-state index >= 15 is 0 Å². The molecule has 0 amide bonds. The van der Waals surface area contributed by atoms with Crippen molar-refractivity contribution in [3.8, 4) is 22.3 Å². The number of para-hydroxylation sites is 2. The summed E-state index contributed by atoms with van der Waals surface area (Å²) in [5.41, 5.74) is 15.9. The number of fused-ring (bicyclic) bond motifs is 7. The van der Waals surface area contributed by atoms with E-state index < -0.39 is 34.3 Å². The molecule has 0 radical (unpaired) electrons. The molecular formula is C54H46F6N2. The molecule has 7 aromatic carbocycles. The van der Waals surface area contributed by atoms with Crippen molar-refractivity contribution >= 4 is 34.1 Å². The molecule has 0 saturated carbocycles. The standard InChI is InChI=1S/C54H46F6N2/c1-31-13-9-11-15-45(31)61(37-21-17-35(18-22-37)53(55,56)57)39-27-33(3)47-41-25-26-42-48-34(4)28-40(30-44(48)52(7,8)50(42)49(41)51(5,6)43(47)29-39)62(46-16-12-10-14-32(46)2)38-23-19-36(20-24-38)54(58,59)60/h9-30H,1-8H3. The third-order valence-corrected chi connectivity index (χ3v) is 13.1. The van der Waals surface area contributed by atoms with Crippen molar-refractivity contribution in [1.82, 2.24) is 0 Å². The second kappa shape index (κ2) is 14.1. The molecule has 0 spiro atoms. The molecular weight excluding hydrogens is 791 g/mol. The molecule has 314 valence electrons. The van der Waals surface area contributed by atoms with Crippen LogP contribution in [0.1, 0.15) is 83.3 Å². The highest BCUT2D eigenvalue weighted by Crippen LogP contribution is 2.61. The molecule has 8 heteroatoms. The van der Waals surface area contributed by atoms with Crippen LogP contribution in [0.3, 0.4) is 0 Å². The number of rotatable bonds is 6. The van der Waals surface area contributed by atoms with Gasteiger partial charge in [-0.3, -0.25) is 0 Å². The Morgan fingerprint density at radius 2 is 0.726 bits per heavy atom. The Morgan fingerprint density at radius 1 is 0.387 bits per heavy atom. The van der Waals surface area contributed by atoms with Gasteiger partial charge < -0.3 is 9.80 Å². The second-order valence-electron chi connectivity index (χ2n) is 17.9. The Hall–Kier alpha value is -6.28. The lowest BCUT2D eigenvalue weighted by Crippen LogP contribution is -2.24. The Kier molecular flexibility index (Phi) is 9.36. The maximum atomic E-state index is 13.7. The van der Waals surface area contributed by atoms with Gasteiger partial charge in [0, 0.05) is 45.0 Å². The van der Waals surface area contributed by atoms with Gasteiger partial charge in [0.05, 0.1) is 11.1 Å². The molecule has 0 aromatic heterocycles. The first-order chi connectivity index (χ1) is 29.2. The van der Waals surface area contributed by atoms with E-state index in [1.54, 1.807) is 24.3 Å². The van der Waals surface area contributed by atoms with Gasteiger partial charge in [-0.15, -0.1) is 0 Å². The van der Waals surface area contributed by atoms with Gasteiger partial charge in [0.2, 0.25) is 0 Å². The minimum Gasteiger partial charge on any atom is -0.310 e. The Balaban J connectivity index is 1.18. The van der Waals surface area contributed by atoms with Crippen LogP contribution < -0.4 is 9.80 Å². The Bertz CT molecular complexity index is 2720. The summed E-state index contributed by atoms with van der Waals surface area (Å²) >= 11 is 0. The van der Waals surface area contributed by atoms with Crippen LogP contribution >= 0.6 is 0 Å². The SMILES string of the molecule is Cc1ccccc1N(c1ccc(C(F)(F)F)cc1)c1cc(C)c2c(c1)C(C)(C)c1c-2ccc2c1C(C)(C)c1cc(N(c3ccc(C(F)(F)F)cc3)c3ccccc3C)cc(C)c1-2. The summed E-state index contributed by atoms with van der Waals surface area (Å²) in [6.07, 6.45) is -8.90. The third kappa shape index (κ3) is 6.40. The van der Waals surface area contributed by atoms with Crippen molar-refractivity contribution in [1.29, 1.82) is 0 Å². The van der Waals surface area contributed by atoms with Crippen molar-refractivity contribution < 1.29 is 26.3 Å². The first-order valence-electron chi connectivity index (χ1n) is 20.7. The average Bonchev–Trinajstić information content (AvgIpc) is 3.59. The van der Waals surface area contributed by atoms with Gasteiger partial charge in [0.1, 0.15) is 0 Å². The van der Waals surface area contributed by atoms with Crippen LogP contribution in [-0.2, 0) is 23.2 Å².